The van der Waals surface area contributed by atoms with Gasteiger partial charge in [-0.3, -0.25) is 9.89 Å². The Morgan fingerprint density at radius 3 is 2.70 bits per heavy atom. The van der Waals surface area contributed by atoms with Crippen LogP contribution in [-0.2, 0) is 11.2 Å². The number of hydrogen-bond acceptors (Lipinski definition) is 8. The van der Waals surface area contributed by atoms with Gasteiger partial charge in [-0.1, -0.05) is 0 Å². The van der Waals surface area contributed by atoms with Crippen LogP contribution in [0.15, 0.2) is 41.4 Å². The number of H-pyrrole nitrogens is 1. The van der Waals surface area contributed by atoms with Gasteiger partial charge in [-0.2, -0.15) is 5.10 Å². The largest absolute Gasteiger partial charge is 0.493 e. The van der Waals surface area contributed by atoms with Crippen molar-refractivity contribution in [3.8, 4) is 11.5 Å². The van der Waals surface area contributed by atoms with E-state index in [2.05, 4.69) is 25.4 Å². The van der Waals surface area contributed by atoms with Crippen molar-refractivity contribution in [2.24, 2.45) is 10.7 Å². The molecule has 5 N–H and O–H groups in total. The fourth-order valence-corrected chi connectivity index (χ4v) is 4.86. The van der Waals surface area contributed by atoms with Crippen LogP contribution >= 0.6 is 0 Å². The van der Waals surface area contributed by atoms with Crippen LogP contribution in [0.25, 0.3) is 0 Å². The van der Waals surface area contributed by atoms with Gasteiger partial charge >= 0.3 is 0 Å². The molecule has 3 aromatic rings. The molecule has 0 saturated carbocycles. The van der Waals surface area contributed by atoms with E-state index in [0.717, 1.165) is 32.0 Å². The highest BCUT2D eigenvalue weighted by atomic mass is 19.1. The third-order valence-corrected chi connectivity index (χ3v) is 6.71. The highest BCUT2D eigenvalue weighted by Gasteiger charge is 2.27. The molecule has 0 radical (unpaired) electrons. The summed E-state index contributed by atoms with van der Waals surface area (Å²) in [5, 5.41) is 19.9. The summed E-state index contributed by atoms with van der Waals surface area (Å²) in [7, 11) is 1.52. The van der Waals surface area contributed by atoms with Gasteiger partial charge in [-0.05, 0) is 31.0 Å². The molecule has 1 saturated heterocycles. The number of aliphatic hydroxyl groups is 1. The number of primary amides is 1. The van der Waals surface area contributed by atoms with E-state index in [1.807, 2.05) is 0 Å². The fraction of sp³-hybridized carbons (Fsp3) is 0.370. The van der Waals surface area contributed by atoms with E-state index in [4.69, 9.17) is 15.2 Å². The first-order valence-electron chi connectivity index (χ1n) is 12.9. The smallest absolute Gasteiger partial charge is 0.223 e. The first-order valence-corrected chi connectivity index (χ1v) is 12.9. The van der Waals surface area contributed by atoms with E-state index in [-0.39, 0.29) is 30.7 Å². The fourth-order valence-electron chi connectivity index (χ4n) is 4.86. The highest BCUT2D eigenvalue weighted by Crippen LogP contribution is 2.38. The van der Waals surface area contributed by atoms with Gasteiger partial charge in [0, 0.05) is 49.1 Å². The number of aromatic nitrogens is 2. The number of nitrogens with one attached hydrogen (secondary N) is 2. The molecule has 0 spiro atoms. The van der Waals surface area contributed by atoms with Crippen LogP contribution < -0.4 is 25.4 Å². The molecule has 11 nitrogen and oxygen atoms in total. The number of hydrogen-bond donors (Lipinski definition) is 4. The zero-order valence-corrected chi connectivity index (χ0v) is 22.0. The van der Waals surface area contributed by atoms with Gasteiger partial charge in [0.05, 0.1) is 44.3 Å². The lowest BCUT2D eigenvalue weighted by molar-refractivity contribution is -0.117. The number of likely N-dealkylation sites (tertiary alicyclic amines) is 1. The molecular formula is C27H31F2N7O4. The minimum absolute atomic E-state index is 0.0400. The molecule has 5 rings (SSSR count). The predicted octanol–water partition coefficient (Wildman–Crippen LogP) is 2.53. The number of nitrogens with two attached hydrogens (primary N) is 1. The molecule has 13 heteroatoms. The number of aromatic amines is 1. The molecule has 212 valence electrons. The van der Waals surface area contributed by atoms with Gasteiger partial charge < -0.3 is 35.4 Å². The number of rotatable bonds is 10. The van der Waals surface area contributed by atoms with Crippen LogP contribution in [0.1, 0.15) is 24.1 Å². The van der Waals surface area contributed by atoms with Gasteiger partial charge in [-0.15, -0.1) is 0 Å². The third kappa shape index (κ3) is 6.32. The molecule has 1 amide bonds. The number of ether oxygens (including phenoxy) is 2. The number of halogens is 2. The second-order valence-corrected chi connectivity index (χ2v) is 9.71. The Morgan fingerprint density at radius 2 is 2.00 bits per heavy atom. The number of nitrogens with zero attached hydrogens (tertiary/aromatic N) is 4. The molecule has 2 aliphatic rings. The van der Waals surface area contributed by atoms with Crippen molar-refractivity contribution >= 4 is 28.9 Å². The van der Waals surface area contributed by atoms with Crippen LogP contribution in [0.4, 0.5) is 26.0 Å². The summed E-state index contributed by atoms with van der Waals surface area (Å²) in [6, 6.07) is 8.35. The Morgan fingerprint density at radius 1 is 1.20 bits per heavy atom. The third-order valence-electron chi connectivity index (χ3n) is 6.71. The van der Waals surface area contributed by atoms with Gasteiger partial charge in [0.15, 0.2) is 17.3 Å². The van der Waals surface area contributed by atoms with E-state index >= 15 is 0 Å². The monoisotopic (exact) mass is 555 g/mol. The molecule has 1 aromatic heterocycles. The Hall–Kier alpha value is -4.23. The van der Waals surface area contributed by atoms with Gasteiger partial charge in [0.1, 0.15) is 17.5 Å². The van der Waals surface area contributed by atoms with Crippen molar-refractivity contribution in [2.75, 3.05) is 50.2 Å². The highest BCUT2D eigenvalue weighted by molar-refractivity contribution is 6.16. The van der Waals surface area contributed by atoms with E-state index in [1.54, 1.807) is 23.1 Å². The molecule has 0 unspecified atom stereocenters. The minimum Gasteiger partial charge on any atom is -0.493 e. The minimum atomic E-state index is -0.728. The summed E-state index contributed by atoms with van der Waals surface area (Å²) in [5.41, 5.74) is 7.28. The van der Waals surface area contributed by atoms with Crippen molar-refractivity contribution in [3.63, 3.8) is 0 Å². The maximum absolute atomic E-state index is 14.2. The van der Waals surface area contributed by atoms with E-state index in [9.17, 15) is 18.7 Å². The summed E-state index contributed by atoms with van der Waals surface area (Å²) in [4.78, 5) is 19.8. The predicted molar refractivity (Wildman–Crippen MR) is 145 cm³/mol. The van der Waals surface area contributed by atoms with Gasteiger partial charge in [0.25, 0.3) is 0 Å². The number of amides is 1. The second-order valence-electron chi connectivity index (χ2n) is 9.71. The Bertz CT molecular complexity index is 1390. The zero-order chi connectivity index (χ0) is 28.2. The zero-order valence-electron chi connectivity index (χ0n) is 22.0. The lowest BCUT2D eigenvalue weighted by Crippen LogP contribution is -2.40. The lowest BCUT2D eigenvalue weighted by atomic mass is 10.1. The van der Waals surface area contributed by atoms with Crippen LogP contribution in [0.5, 0.6) is 11.5 Å². The number of fused-ring (bicyclic) bond motifs is 1. The Balaban J connectivity index is 1.44. The number of β-amino-alcohol motifs (C(OH)–C–C–N with tert-alkyl or cyclic N) is 1. The SMILES string of the molecule is COc1cc2c(cc1OCCCN1CC[C@@H](O)C1)NCN(c1cc(F)cc(F)c1)C2=Nc1cc(CC(N)=O)[nH]n1. The van der Waals surface area contributed by atoms with Crippen LogP contribution in [0, 0.1) is 11.6 Å². The average molecular weight is 556 g/mol. The maximum atomic E-state index is 14.2. The van der Waals surface area contributed by atoms with Crippen molar-refractivity contribution < 1.29 is 28.2 Å². The molecule has 0 bridgehead atoms. The van der Waals surface area contributed by atoms with E-state index < -0.39 is 17.5 Å². The second kappa shape index (κ2) is 11.9. The normalized spacial score (nSPS) is 18.1. The standard InChI is InChI=1S/C27H31F2N7O4/c1-39-23-12-21-22(13-24(23)40-6-2-4-35-5-3-20(37)14-35)31-15-36(19-8-16(28)7-17(29)9-19)27(21)32-26-11-18(33-34-26)10-25(30)38/h7-9,11-13,20,31,37H,2-6,10,14-15H2,1H3,(H2,30,38)(H,33,34)/t20-/m1/s1. The number of aliphatic imine (C=N–C) groups is 1. The molecule has 0 aliphatic carbocycles. The molecule has 1 atom stereocenters. The molecule has 2 aliphatic heterocycles. The number of benzene rings is 2. The molecule has 3 heterocycles. The van der Waals surface area contributed by atoms with Gasteiger partial charge in [-0.25, -0.2) is 13.8 Å². The molecular weight excluding hydrogens is 524 g/mol. The van der Waals surface area contributed by atoms with Crippen molar-refractivity contribution in [2.45, 2.75) is 25.4 Å². The number of aliphatic hydroxyl groups excluding tert-OH is 1. The number of carbonyl (C=O) groups excluding carboxylic acids is 1. The Labute approximate surface area is 229 Å². The van der Waals surface area contributed by atoms with Crippen molar-refractivity contribution in [3.05, 3.63) is 59.3 Å². The maximum Gasteiger partial charge on any atom is 0.223 e. The molecule has 40 heavy (non-hydrogen) atoms. The molecule has 2 aromatic carbocycles. The van der Waals surface area contributed by atoms with Crippen molar-refractivity contribution in [1.29, 1.82) is 0 Å². The summed E-state index contributed by atoms with van der Waals surface area (Å²) < 4.78 is 40.0. The number of amidine groups is 1. The summed E-state index contributed by atoms with van der Waals surface area (Å²) >= 11 is 0. The average Bonchev–Trinajstić information content (AvgIpc) is 3.53. The van der Waals surface area contributed by atoms with Crippen molar-refractivity contribution in [1.82, 2.24) is 15.1 Å². The first-order chi connectivity index (χ1) is 19.3. The van der Waals surface area contributed by atoms with E-state index in [0.29, 0.717) is 47.4 Å². The first kappa shape index (κ1) is 27.3. The summed E-state index contributed by atoms with van der Waals surface area (Å²) in [6.45, 7) is 2.98. The number of methoxy groups -OCH3 is 1. The number of carbonyl (C=O) groups is 1. The van der Waals surface area contributed by atoms with Crippen LogP contribution in [0.3, 0.4) is 0 Å². The summed E-state index contributed by atoms with van der Waals surface area (Å²) in [5.74, 6) is -0.387. The van der Waals surface area contributed by atoms with Crippen LogP contribution in [0.2, 0.25) is 0 Å². The lowest BCUT2D eigenvalue weighted by Gasteiger charge is -2.33. The topological polar surface area (TPSA) is 141 Å². The molecule has 1 fully saturated rings. The van der Waals surface area contributed by atoms with E-state index in [1.165, 1.54) is 19.2 Å². The number of anilines is 2. The summed E-state index contributed by atoms with van der Waals surface area (Å²) in [6.07, 6.45) is 1.27. The van der Waals surface area contributed by atoms with Gasteiger partial charge in [0.2, 0.25) is 5.91 Å². The quantitative estimate of drug-likeness (QED) is 0.280. The Kier molecular flexibility index (Phi) is 8.12. The van der Waals surface area contributed by atoms with Crippen LogP contribution in [-0.4, -0.2) is 78.1 Å².